The Balaban J connectivity index is 1.43. The van der Waals surface area contributed by atoms with Crippen LogP contribution in [0, 0.1) is 0 Å². The van der Waals surface area contributed by atoms with Gasteiger partial charge in [-0.05, 0) is 30.4 Å². The Morgan fingerprint density at radius 2 is 2.10 bits per heavy atom. The third kappa shape index (κ3) is 2.51. The zero-order valence-electron chi connectivity index (χ0n) is 11.8. The fourth-order valence-corrected chi connectivity index (χ4v) is 2.85. The van der Waals surface area contributed by atoms with Crippen LogP contribution in [0.3, 0.4) is 0 Å². The van der Waals surface area contributed by atoms with E-state index in [1.165, 1.54) is 24.0 Å². The normalized spacial score (nSPS) is 17.4. The summed E-state index contributed by atoms with van der Waals surface area (Å²) in [4.78, 5) is 14.2. The van der Waals surface area contributed by atoms with Crippen molar-refractivity contribution in [3.05, 3.63) is 47.2 Å². The molecule has 1 aromatic carbocycles. The Bertz CT molecular complexity index is 674. The van der Waals surface area contributed by atoms with Gasteiger partial charge in [0.15, 0.2) is 0 Å². The molecule has 0 atom stereocenters. The van der Waals surface area contributed by atoms with Crippen molar-refractivity contribution in [3.63, 3.8) is 0 Å². The number of H-pyrrole nitrogens is 1. The van der Waals surface area contributed by atoms with Gasteiger partial charge in [-0.15, -0.1) is 0 Å². The van der Waals surface area contributed by atoms with E-state index in [2.05, 4.69) is 33.7 Å². The minimum Gasteiger partial charge on any atom is -0.320 e. The first kappa shape index (κ1) is 12.4. The van der Waals surface area contributed by atoms with Gasteiger partial charge >= 0.3 is 6.03 Å². The molecule has 2 amide bonds. The first-order valence-electron chi connectivity index (χ1n) is 7.47. The molecule has 0 unspecified atom stereocenters. The van der Waals surface area contributed by atoms with Gasteiger partial charge < -0.3 is 4.90 Å². The quantitative estimate of drug-likeness (QED) is 0.889. The number of benzene rings is 1. The highest BCUT2D eigenvalue weighted by Gasteiger charge is 2.27. The lowest BCUT2D eigenvalue weighted by Crippen LogP contribution is -2.38. The molecule has 1 saturated carbocycles. The van der Waals surface area contributed by atoms with Crippen LogP contribution in [0.15, 0.2) is 30.3 Å². The molecule has 2 aliphatic rings. The number of nitrogens with zero attached hydrogens (tertiary/aromatic N) is 2. The molecule has 1 aliphatic heterocycles. The van der Waals surface area contributed by atoms with Crippen LogP contribution in [0.1, 0.15) is 35.6 Å². The van der Waals surface area contributed by atoms with Crippen molar-refractivity contribution in [1.29, 1.82) is 0 Å². The van der Waals surface area contributed by atoms with Crippen LogP contribution in [0.25, 0.3) is 0 Å². The number of fused-ring (bicyclic) bond motifs is 1. The maximum Gasteiger partial charge on any atom is 0.323 e. The first-order valence-corrected chi connectivity index (χ1v) is 7.47. The summed E-state index contributed by atoms with van der Waals surface area (Å²) in [5, 5.41) is 10.1. The Morgan fingerprint density at radius 1 is 1.29 bits per heavy atom. The third-order valence-electron chi connectivity index (χ3n) is 4.25. The van der Waals surface area contributed by atoms with Gasteiger partial charge in [0, 0.05) is 25.1 Å². The standard InChI is InChI=1S/C16H18N4O/c21-16(17-15-9-14(18-19-15)12-5-6-12)20-8-7-11-3-1-2-4-13(11)10-20/h1-4,9,12H,5-8,10H2,(H2,17,18,19,21). The van der Waals surface area contributed by atoms with Crippen molar-refractivity contribution in [2.45, 2.75) is 31.7 Å². The fraction of sp³-hybridized carbons (Fsp3) is 0.375. The summed E-state index contributed by atoms with van der Waals surface area (Å²) in [5.74, 6) is 1.29. The lowest BCUT2D eigenvalue weighted by atomic mass is 10.0. The van der Waals surface area contributed by atoms with Gasteiger partial charge in [0.1, 0.15) is 5.82 Å². The molecule has 0 radical (unpaired) electrons. The second-order valence-corrected chi connectivity index (χ2v) is 5.85. The van der Waals surface area contributed by atoms with Gasteiger partial charge in [0.25, 0.3) is 0 Å². The molecular formula is C16H18N4O. The Morgan fingerprint density at radius 3 is 2.90 bits per heavy atom. The zero-order valence-corrected chi connectivity index (χ0v) is 11.8. The van der Waals surface area contributed by atoms with Crippen molar-refractivity contribution < 1.29 is 4.79 Å². The minimum absolute atomic E-state index is 0.0597. The highest BCUT2D eigenvalue weighted by molar-refractivity contribution is 5.88. The minimum atomic E-state index is -0.0597. The molecule has 0 saturated heterocycles. The molecule has 108 valence electrons. The van der Waals surface area contributed by atoms with E-state index in [1.54, 1.807) is 0 Å². The van der Waals surface area contributed by atoms with E-state index in [1.807, 2.05) is 17.0 Å². The average Bonchev–Trinajstić information content (AvgIpc) is 3.27. The van der Waals surface area contributed by atoms with Crippen LogP contribution < -0.4 is 5.32 Å². The molecule has 5 heteroatoms. The molecule has 21 heavy (non-hydrogen) atoms. The topological polar surface area (TPSA) is 61.0 Å². The van der Waals surface area contributed by atoms with Gasteiger partial charge in [-0.2, -0.15) is 5.10 Å². The number of amides is 2. The first-order chi connectivity index (χ1) is 10.3. The number of aromatic amines is 1. The predicted octanol–water partition coefficient (Wildman–Crippen LogP) is 2.88. The number of rotatable bonds is 2. The van der Waals surface area contributed by atoms with Gasteiger partial charge in [0.2, 0.25) is 0 Å². The summed E-state index contributed by atoms with van der Waals surface area (Å²) in [5.41, 5.74) is 3.65. The van der Waals surface area contributed by atoms with Crippen molar-refractivity contribution in [1.82, 2.24) is 15.1 Å². The number of urea groups is 1. The Labute approximate surface area is 123 Å². The number of nitrogens with one attached hydrogen (secondary N) is 2. The zero-order chi connectivity index (χ0) is 14.2. The maximum atomic E-state index is 12.3. The van der Waals surface area contributed by atoms with Crippen molar-refractivity contribution in [2.24, 2.45) is 0 Å². The number of carbonyl (C=O) groups is 1. The fourth-order valence-electron chi connectivity index (χ4n) is 2.85. The average molecular weight is 282 g/mol. The summed E-state index contributed by atoms with van der Waals surface area (Å²) in [6.45, 7) is 1.43. The van der Waals surface area contributed by atoms with E-state index in [0.717, 1.165) is 18.7 Å². The number of hydrogen-bond donors (Lipinski definition) is 2. The molecule has 0 bridgehead atoms. The summed E-state index contributed by atoms with van der Waals surface area (Å²) in [6, 6.07) is 10.2. The molecule has 5 nitrogen and oxygen atoms in total. The van der Waals surface area contributed by atoms with E-state index in [0.29, 0.717) is 18.3 Å². The maximum absolute atomic E-state index is 12.3. The monoisotopic (exact) mass is 282 g/mol. The largest absolute Gasteiger partial charge is 0.323 e. The van der Waals surface area contributed by atoms with Gasteiger partial charge in [-0.25, -0.2) is 4.79 Å². The Hall–Kier alpha value is -2.30. The molecule has 2 N–H and O–H groups in total. The van der Waals surface area contributed by atoms with Gasteiger partial charge in [0.05, 0.1) is 5.69 Å². The van der Waals surface area contributed by atoms with Gasteiger partial charge in [-0.1, -0.05) is 24.3 Å². The van der Waals surface area contributed by atoms with E-state index in [9.17, 15) is 4.79 Å². The van der Waals surface area contributed by atoms with Crippen LogP contribution in [-0.2, 0) is 13.0 Å². The molecule has 2 heterocycles. The smallest absolute Gasteiger partial charge is 0.320 e. The molecule has 0 spiro atoms. The van der Waals surface area contributed by atoms with Gasteiger partial charge in [-0.3, -0.25) is 10.4 Å². The molecule has 1 aromatic heterocycles. The SMILES string of the molecule is O=C(Nc1cc(C2CC2)n[nH]1)N1CCc2ccccc2C1. The molecular weight excluding hydrogens is 264 g/mol. The number of aromatic nitrogens is 2. The predicted molar refractivity (Wildman–Crippen MR) is 80.1 cm³/mol. The van der Waals surface area contributed by atoms with E-state index < -0.39 is 0 Å². The number of carbonyl (C=O) groups excluding carboxylic acids is 1. The highest BCUT2D eigenvalue weighted by Crippen LogP contribution is 2.39. The van der Waals surface area contributed by atoms with Crippen molar-refractivity contribution in [3.8, 4) is 0 Å². The van der Waals surface area contributed by atoms with Crippen LogP contribution in [0.2, 0.25) is 0 Å². The van der Waals surface area contributed by atoms with E-state index in [4.69, 9.17) is 0 Å². The van der Waals surface area contributed by atoms with Crippen LogP contribution in [0.4, 0.5) is 10.6 Å². The Kier molecular flexibility index (Phi) is 2.91. The molecule has 4 rings (SSSR count). The van der Waals surface area contributed by atoms with E-state index in [-0.39, 0.29) is 6.03 Å². The molecule has 2 aromatic rings. The molecule has 1 fully saturated rings. The van der Waals surface area contributed by atoms with Crippen LogP contribution in [-0.4, -0.2) is 27.7 Å². The lowest BCUT2D eigenvalue weighted by molar-refractivity contribution is 0.206. The number of hydrogen-bond acceptors (Lipinski definition) is 2. The second-order valence-electron chi connectivity index (χ2n) is 5.85. The molecule has 1 aliphatic carbocycles. The second kappa shape index (κ2) is 4.91. The van der Waals surface area contributed by atoms with Crippen LogP contribution in [0.5, 0.6) is 0 Å². The van der Waals surface area contributed by atoms with E-state index >= 15 is 0 Å². The number of anilines is 1. The van der Waals surface area contributed by atoms with Crippen LogP contribution >= 0.6 is 0 Å². The summed E-state index contributed by atoms with van der Waals surface area (Å²) < 4.78 is 0. The van der Waals surface area contributed by atoms with Crippen molar-refractivity contribution in [2.75, 3.05) is 11.9 Å². The summed E-state index contributed by atoms with van der Waals surface area (Å²) in [7, 11) is 0. The summed E-state index contributed by atoms with van der Waals surface area (Å²) >= 11 is 0. The summed E-state index contributed by atoms with van der Waals surface area (Å²) in [6.07, 6.45) is 3.34. The third-order valence-corrected chi connectivity index (χ3v) is 4.25. The van der Waals surface area contributed by atoms with Crippen molar-refractivity contribution >= 4 is 11.8 Å². The highest BCUT2D eigenvalue weighted by atomic mass is 16.2. The lowest BCUT2D eigenvalue weighted by Gasteiger charge is -2.28.